The fourth-order valence-electron chi connectivity index (χ4n) is 5.74. The summed E-state index contributed by atoms with van der Waals surface area (Å²) in [7, 11) is 1.56. The molecule has 2 fully saturated rings. The molecule has 0 aliphatic carbocycles. The molecule has 2 rings (SSSR count). The number of carbonyl (C=O) groups excluding carboxylic acids is 4. The van der Waals surface area contributed by atoms with E-state index in [0.717, 1.165) is 51.4 Å². The average Bonchev–Trinajstić information content (AvgIpc) is 3.44. The van der Waals surface area contributed by atoms with Crippen molar-refractivity contribution in [2.24, 2.45) is 0 Å². The Morgan fingerprint density at radius 3 is 2.02 bits per heavy atom. The zero-order valence-electron chi connectivity index (χ0n) is 29.5. The van der Waals surface area contributed by atoms with Gasteiger partial charge in [-0.15, -0.1) is 0 Å². The number of carbonyl (C=O) groups is 4. The molecule has 4 amide bonds. The van der Waals surface area contributed by atoms with E-state index in [0.29, 0.717) is 32.4 Å². The standard InChI is InChI=1S/C33H60N4O13/c1-22(39)37-30-32(45)31(44)25(20-38)50-33(30)48-16-15-47-14-13-34-29(43)19-36-28(42)12-10-8-6-4-3-5-7-9-11-27(41)35-18-23-17-24(40)26(49-23)21-46-2/h23-26,30-33,38,40,44-45H,3-21H2,1-2H3,(H,34,43)(H,35,41)(H,36,42)(H,37,39)/t23-,24-,25?,26+,30?,31?,32?,33?/m1/s1. The molecule has 0 spiro atoms. The van der Waals surface area contributed by atoms with Crippen LogP contribution >= 0.6 is 0 Å². The van der Waals surface area contributed by atoms with Gasteiger partial charge in [0.2, 0.25) is 23.6 Å². The average molecular weight is 721 g/mol. The van der Waals surface area contributed by atoms with Crippen LogP contribution in [0.4, 0.5) is 0 Å². The topological polar surface area (TPSA) is 243 Å². The van der Waals surface area contributed by atoms with E-state index in [2.05, 4.69) is 21.3 Å². The van der Waals surface area contributed by atoms with Gasteiger partial charge in [0.25, 0.3) is 0 Å². The lowest BCUT2D eigenvalue weighted by Gasteiger charge is -2.42. The Balaban J connectivity index is 1.38. The van der Waals surface area contributed by atoms with E-state index in [1.165, 1.54) is 6.92 Å². The Morgan fingerprint density at radius 2 is 1.40 bits per heavy atom. The van der Waals surface area contributed by atoms with Crippen LogP contribution in [0.3, 0.4) is 0 Å². The van der Waals surface area contributed by atoms with Gasteiger partial charge in [0.1, 0.15) is 30.5 Å². The normalized spacial score (nSPS) is 26.4. The third-order valence-electron chi connectivity index (χ3n) is 8.49. The molecule has 2 saturated heterocycles. The molecule has 8 atom stereocenters. The minimum atomic E-state index is -1.40. The molecule has 17 nitrogen and oxygen atoms in total. The van der Waals surface area contributed by atoms with E-state index in [1.807, 2.05) is 0 Å². The van der Waals surface area contributed by atoms with Crippen molar-refractivity contribution in [2.75, 3.05) is 59.8 Å². The van der Waals surface area contributed by atoms with Crippen molar-refractivity contribution in [2.45, 2.75) is 127 Å². The maximum Gasteiger partial charge on any atom is 0.239 e. The molecule has 0 aromatic carbocycles. The van der Waals surface area contributed by atoms with Gasteiger partial charge < -0.3 is 65.4 Å². The van der Waals surface area contributed by atoms with Crippen LogP contribution in [-0.2, 0) is 42.9 Å². The van der Waals surface area contributed by atoms with Crippen LogP contribution in [0.5, 0.6) is 0 Å². The van der Waals surface area contributed by atoms with Crippen LogP contribution in [0.2, 0.25) is 0 Å². The second-order valence-corrected chi connectivity index (χ2v) is 12.7. The Bertz CT molecular complexity index is 993. The SMILES string of the molecule is COC[C@@H]1O[C@@H](CNC(=O)CCCCCCCCCCC(=O)NCC(=O)NCCOCCOC2OC(CO)C(O)C(O)C2NC(C)=O)C[C@H]1O. The fraction of sp³-hybridized carbons (Fsp3) is 0.879. The first kappa shape index (κ1) is 43.7. The van der Waals surface area contributed by atoms with Crippen LogP contribution in [-0.4, -0.2) is 153 Å². The van der Waals surface area contributed by atoms with Crippen molar-refractivity contribution in [1.29, 1.82) is 0 Å². The quantitative estimate of drug-likeness (QED) is 0.0469. The monoisotopic (exact) mass is 720 g/mol. The van der Waals surface area contributed by atoms with Gasteiger partial charge in [0, 0.05) is 46.4 Å². The van der Waals surface area contributed by atoms with Crippen LogP contribution in [0.15, 0.2) is 0 Å². The Morgan fingerprint density at radius 1 is 0.760 bits per heavy atom. The van der Waals surface area contributed by atoms with E-state index in [9.17, 15) is 39.6 Å². The Hall–Kier alpha value is -2.48. The van der Waals surface area contributed by atoms with Crippen molar-refractivity contribution < 1.29 is 63.3 Å². The van der Waals surface area contributed by atoms with Crippen molar-refractivity contribution >= 4 is 23.6 Å². The molecular formula is C33H60N4O13. The summed E-state index contributed by atoms with van der Waals surface area (Å²) in [5, 5.41) is 50.2. The Labute approximate surface area is 294 Å². The summed E-state index contributed by atoms with van der Waals surface area (Å²) in [4.78, 5) is 47.6. The van der Waals surface area contributed by atoms with Crippen LogP contribution in [0, 0.1) is 0 Å². The molecule has 0 bridgehead atoms. The summed E-state index contributed by atoms with van der Waals surface area (Å²) in [6, 6.07) is -1.04. The van der Waals surface area contributed by atoms with Gasteiger partial charge in [0.15, 0.2) is 6.29 Å². The maximum absolute atomic E-state index is 12.1. The zero-order chi connectivity index (χ0) is 36.7. The molecule has 290 valence electrons. The van der Waals surface area contributed by atoms with Crippen molar-refractivity contribution in [1.82, 2.24) is 21.3 Å². The molecule has 17 heteroatoms. The number of amides is 4. The molecule has 2 aliphatic heterocycles. The number of ether oxygens (including phenoxy) is 5. The fourth-order valence-corrected chi connectivity index (χ4v) is 5.74. The van der Waals surface area contributed by atoms with E-state index >= 15 is 0 Å². The lowest BCUT2D eigenvalue weighted by Crippen LogP contribution is -2.64. The molecular weight excluding hydrogens is 660 g/mol. The molecule has 2 heterocycles. The number of hydrogen-bond acceptors (Lipinski definition) is 13. The molecule has 0 aromatic heterocycles. The zero-order valence-corrected chi connectivity index (χ0v) is 29.5. The van der Waals surface area contributed by atoms with Crippen molar-refractivity contribution in [3.05, 3.63) is 0 Å². The van der Waals surface area contributed by atoms with E-state index < -0.39 is 49.3 Å². The molecule has 2 aliphatic rings. The maximum atomic E-state index is 12.1. The minimum Gasteiger partial charge on any atom is -0.394 e. The summed E-state index contributed by atoms with van der Waals surface area (Å²) in [5.74, 6) is -0.976. The molecule has 5 unspecified atom stereocenters. The van der Waals surface area contributed by atoms with Gasteiger partial charge in [-0.2, -0.15) is 0 Å². The lowest BCUT2D eigenvalue weighted by molar-refractivity contribution is -0.272. The summed E-state index contributed by atoms with van der Waals surface area (Å²) < 4.78 is 27.1. The van der Waals surface area contributed by atoms with Crippen LogP contribution in [0.25, 0.3) is 0 Å². The van der Waals surface area contributed by atoms with Crippen LogP contribution < -0.4 is 21.3 Å². The van der Waals surface area contributed by atoms with Gasteiger partial charge in [-0.05, 0) is 12.8 Å². The summed E-state index contributed by atoms with van der Waals surface area (Å²) in [6.45, 7) is 1.84. The number of hydrogen-bond donors (Lipinski definition) is 8. The number of nitrogens with one attached hydrogen (secondary N) is 4. The first-order chi connectivity index (χ1) is 24.0. The first-order valence-corrected chi connectivity index (χ1v) is 17.8. The van der Waals surface area contributed by atoms with E-state index in [1.54, 1.807) is 7.11 Å². The predicted molar refractivity (Wildman–Crippen MR) is 178 cm³/mol. The van der Waals surface area contributed by atoms with Gasteiger partial charge in [-0.25, -0.2) is 0 Å². The Kier molecular flexibility index (Phi) is 22.3. The third-order valence-corrected chi connectivity index (χ3v) is 8.49. The second kappa shape index (κ2) is 25.5. The van der Waals surface area contributed by atoms with E-state index in [4.69, 9.17) is 23.7 Å². The number of unbranched alkanes of at least 4 members (excludes halogenated alkanes) is 7. The van der Waals surface area contributed by atoms with E-state index in [-0.39, 0.29) is 62.8 Å². The van der Waals surface area contributed by atoms with Gasteiger partial charge in [-0.3, -0.25) is 19.2 Å². The highest BCUT2D eigenvalue weighted by molar-refractivity contribution is 5.84. The largest absolute Gasteiger partial charge is 0.394 e. The highest BCUT2D eigenvalue weighted by atomic mass is 16.7. The lowest BCUT2D eigenvalue weighted by atomic mass is 9.97. The van der Waals surface area contributed by atoms with Crippen molar-refractivity contribution in [3.8, 4) is 0 Å². The summed E-state index contributed by atoms with van der Waals surface area (Å²) in [6.07, 6.45) is 2.95. The molecule has 50 heavy (non-hydrogen) atoms. The molecule has 8 N–H and O–H groups in total. The number of methoxy groups -OCH3 is 1. The predicted octanol–water partition coefficient (Wildman–Crippen LogP) is -1.62. The van der Waals surface area contributed by atoms with Crippen LogP contribution in [0.1, 0.15) is 77.6 Å². The molecule has 0 saturated carbocycles. The molecule has 0 radical (unpaired) electrons. The number of rotatable bonds is 26. The highest BCUT2D eigenvalue weighted by Crippen LogP contribution is 2.22. The summed E-state index contributed by atoms with van der Waals surface area (Å²) in [5.41, 5.74) is 0. The summed E-state index contributed by atoms with van der Waals surface area (Å²) >= 11 is 0. The second-order valence-electron chi connectivity index (χ2n) is 12.7. The third kappa shape index (κ3) is 17.6. The van der Waals surface area contributed by atoms with Gasteiger partial charge in [-0.1, -0.05) is 38.5 Å². The number of aliphatic hydroxyl groups is 4. The van der Waals surface area contributed by atoms with Gasteiger partial charge >= 0.3 is 0 Å². The first-order valence-electron chi connectivity index (χ1n) is 17.8. The van der Waals surface area contributed by atoms with Crippen molar-refractivity contribution in [3.63, 3.8) is 0 Å². The highest BCUT2D eigenvalue weighted by Gasteiger charge is 2.45. The van der Waals surface area contributed by atoms with Gasteiger partial charge in [0.05, 0.1) is 51.8 Å². The smallest absolute Gasteiger partial charge is 0.239 e. The number of aliphatic hydroxyl groups excluding tert-OH is 4. The molecule has 0 aromatic rings. The minimum absolute atomic E-state index is 0.00287.